The van der Waals surface area contributed by atoms with Crippen LogP contribution in [0.4, 0.5) is 0 Å². The summed E-state index contributed by atoms with van der Waals surface area (Å²) in [7, 11) is -0.263. The van der Waals surface area contributed by atoms with Crippen LogP contribution in [0.15, 0.2) is 42.5 Å². The SMILES string of the molecule is CC(C)(C)c1cc(CP(C(C)(C)C)C(C)(C)C)[c-](CP(C(C)(C)C)C(C)(C)C)c1.[Fe].[cH-]1[cH-][cH-][cH-][cH-]1. The summed E-state index contributed by atoms with van der Waals surface area (Å²) < 4.78 is 0. The van der Waals surface area contributed by atoms with Crippen LogP contribution < -0.4 is 0 Å². The molecule has 208 valence electrons. The van der Waals surface area contributed by atoms with Crippen molar-refractivity contribution in [2.75, 3.05) is 0 Å². The second kappa shape index (κ2) is 12.8. The van der Waals surface area contributed by atoms with E-state index in [0.717, 1.165) is 0 Å². The molecule has 0 spiro atoms. The minimum Gasteiger partial charge on any atom is -0.748 e. The maximum absolute atomic E-state index is 2.57. The Bertz CT molecular complexity index is 741. The summed E-state index contributed by atoms with van der Waals surface area (Å²) in [5.74, 6) is 0. The van der Waals surface area contributed by atoms with Gasteiger partial charge >= 0.3 is 0 Å². The third-order valence-electron chi connectivity index (χ3n) is 6.39. The minimum absolute atomic E-state index is 0. The van der Waals surface area contributed by atoms with Gasteiger partial charge in [-0.1, -0.05) is 123 Å². The van der Waals surface area contributed by atoms with Gasteiger partial charge in [-0.05, 0) is 26.8 Å². The molecule has 0 fully saturated rings. The van der Waals surface area contributed by atoms with Gasteiger partial charge in [0.1, 0.15) is 0 Å². The van der Waals surface area contributed by atoms with Crippen molar-refractivity contribution >= 4 is 15.8 Å². The number of hydrogen-bond acceptors (Lipinski definition) is 0. The molecule has 0 N–H and O–H groups in total. The molecule has 0 aliphatic carbocycles. The average molecular weight is 559 g/mol. The van der Waals surface area contributed by atoms with Crippen LogP contribution in [0.2, 0.25) is 0 Å². The topological polar surface area (TPSA) is 0 Å². The summed E-state index contributed by atoms with van der Waals surface area (Å²) in [6.07, 6.45) is 2.51. The van der Waals surface area contributed by atoms with Crippen LogP contribution in [0.25, 0.3) is 0 Å². The molecular formula is C32H56FeP2-6. The molecule has 3 heteroatoms. The fraction of sp³-hybridized carbons (Fsp3) is 0.688. The van der Waals surface area contributed by atoms with Crippen molar-refractivity contribution in [1.29, 1.82) is 0 Å². The van der Waals surface area contributed by atoms with E-state index in [1.165, 1.54) is 17.9 Å². The van der Waals surface area contributed by atoms with Crippen molar-refractivity contribution in [2.24, 2.45) is 0 Å². The molecule has 0 aliphatic rings. The number of rotatable bonds is 4. The van der Waals surface area contributed by atoms with E-state index >= 15 is 0 Å². The molecular weight excluding hydrogens is 502 g/mol. The summed E-state index contributed by atoms with van der Waals surface area (Å²) >= 11 is 0. The van der Waals surface area contributed by atoms with Crippen molar-refractivity contribution in [3.63, 3.8) is 0 Å². The zero-order chi connectivity index (χ0) is 26.8. The first-order valence-electron chi connectivity index (χ1n) is 13.1. The van der Waals surface area contributed by atoms with Crippen molar-refractivity contribution in [3.8, 4) is 0 Å². The van der Waals surface area contributed by atoms with Gasteiger partial charge in [-0.15, -0.1) is 13.5 Å². The zero-order valence-electron chi connectivity index (χ0n) is 25.7. The quantitative estimate of drug-likeness (QED) is 0.199. The van der Waals surface area contributed by atoms with E-state index in [-0.39, 0.29) is 38.3 Å². The first-order valence-corrected chi connectivity index (χ1v) is 16.1. The maximum Gasteiger partial charge on any atom is 0 e. The molecule has 0 aliphatic heterocycles. The molecule has 0 amide bonds. The summed E-state index contributed by atoms with van der Waals surface area (Å²) in [4.78, 5) is 0. The monoisotopic (exact) mass is 558 g/mol. The molecule has 0 atom stereocenters. The molecule has 0 heterocycles. The smallest absolute Gasteiger partial charge is 0 e. The molecule has 0 bridgehead atoms. The van der Waals surface area contributed by atoms with Gasteiger partial charge in [0.25, 0.3) is 0 Å². The van der Waals surface area contributed by atoms with Gasteiger partial charge in [0, 0.05) is 17.1 Å². The molecule has 0 radical (unpaired) electrons. The van der Waals surface area contributed by atoms with E-state index in [4.69, 9.17) is 0 Å². The molecule has 0 unspecified atom stereocenters. The molecule has 35 heavy (non-hydrogen) atoms. The maximum atomic E-state index is 2.57. The first kappa shape index (κ1) is 35.1. The largest absolute Gasteiger partial charge is 0.748 e. The minimum atomic E-state index is -0.132. The third-order valence-corrected chi connectivity index (χ3v) is 14.2. The molecule has 0 saturated heterocycles. The van der Waals surface area contributed by atoms with E-state index in [0.29, 0.717) is 20.6 Å². The van der Waals surface area contributed by atoms with Gasteiger partial charge in [0.15, 0.2) is 0 Å². The van der Waals surface area contributed by atoms with E-state index in [2.05, 4.69) is 116 Å². The van der Waals surface area contributed by atoms with Gasteiger partial charge in [-0.3, -0.25) is 0 Å². The third kappa shape index (κ3) is 11.6. The second-order valence-corrected chi connectivity index (χ2v) is 22.6. The van der Waals surface area contributed by atoms with Gasteiger partial charge in [0.05, 0.1) is 0 Å². The molecule has 0 saturated carbocycles. The van der Waals surface area contributed by atoms with Crippen LogP contribution in [0.1, 0.15) is 121 Å². The Hall–Kier alpha value is 0.0795. The van der Waals surface area contributed by atoms with Crippen LogP contribution >= 0.6 is 15.8 Å². The fourth-order valence-electron chi connectivity index (χ4n) is 4.95. The Kier molecular flexibility index (Phi) is 12.8. The Balaban J connectivity index is 0.00000170. The van der Waals surface area contributed by atoms with Crippen molar-refractivity contribution < 1.29 is 17.1 Å². The van der Waals surface area contributed by atoms with E-state index in [1.807, 2.05) is 30.3 Å². The van der Waals surface area contributed by atoms with Crippen LogP contribution in [0, 0.1) is 0 Å². The summed E-state index contributed by atoms with van der Waals surface area (Å²) in [6.45, 7) is 36.5. The van der Waals surface area contributed by atoms with Crippen LogP contribution in [-0.2, 0) is 34.8 Å². The Morgan fingerprint density at radius 2 is 0.943 bits per heavy atom. The average Bonchev–Trinajstić information content (AvgIpc) is 3.26. The van der Waals surface area contributed by atoms with Gasteiger partial charge in [-0.2, -0.15) is 17.2 Å². The predicted octanol–water partition coefficient (Wildman–Crippen LogP) is 11.3. The molecule has 0 aromatic heterocycles. The Morgan fingerprint density at radius 3 is 1.23 bits per heavy atom. The zero-order valence-corrected chi connectivity index (χ0v) is 28.6. The van der Waals surface area contributed by atoms with E-state index < -0.39 is 0 Å². The second-order valence-electron chi connectivity index (χ2n) is 14.9. The Labute approximate surface area is 233 Å². The standard InChI is InChI=1S/C27H51P2.C5H5.Fe/c1-23(2,3)22-16-20(18-28(24(4,5)6)25(7,8)9)21(17-22)19-29(26(10,11)12)27(13,14)15;1-2-4-5-3-1;/h16-17H,18-19H2,1-15H3;1-5H;/q-1;-5;. The summed E-state index contributed by atoms with van der Waals surface area (Å²) in [5, 5.41) is 1.46. The van der Waals surface area contributed by atoms with Gasteiger partial charge < -0.3 is 30.3 Å². The van der Waals surface area contributed by atoms with Crippen molar-refractivity contribution in [2.45, 2.75) is 142 Å². The van der Waals surface area contributed by atoms with E-state index in [9.17, 15) is 0 Å². The van der Waals surface area contributed by atoms with Crippen LogP contribution in [0.3, 0.4) is 0 Å². The molecule has 0 nitrogen and oxygen atoms in total. The van der Waals surface area contributed by atoms with Gasteiger partial charge in [-0.25, -0.2) is 6.07 Å². The van der Waals surface area contributed by atoms with Gasteiger partial charge in [0.2, 0.25) is 0 Å². The normalized spacial score (nSPS) is 13.5. The van der Waals surface area contributed by atoms with Crippen LogP contribution in [-0.4, -0.2) is 20.6 Å². The van der Waals surface area contributed by atoms with Crippen molar-refractivity contribution in [1.82, 2.24) is 0 Å². The number of hydrogen-bond donors (Lipinski definition) is 0. The fourth-order valence-corrected chi connectivity index (χ4v) is 12.1. The predicted molar refractivity (Wildman–Crippen MR) is 163 cm³/mol. The van der Waals surface area contributed by atoms with Crippen LogP contribution in [0.5, 0.6) is 0 Å². The first-order chi connectivity index (χ1) is 15.0. The summed E-state index contributed by atoms with van der Waals surface area (Å²) in [6, 6.07) is 15.1. The molecule has 2 aromatic rings. The van der Waals surface area contributed by atoms with E-state index in [1.54, 1.807) is 11.1 Å². The van der Waals surface area contributed by atoms with Crippen molar-refractivity contribution in [3.05, 3.63) is 59.2 Å². The Morgan fingerprint density at radius 1 is 0.600 bits per heavy atom. The molecule has 2 rings (SSSR count). The summed E-state index contributed by atoms with van der Waals surface area (Å²) in [5.41, 5.74) is 5.03. The molecule has 2 aromatic carbocycles.